The third-order valence-corrected chi connectivity index (χ3v) is 5.61. The summed E-state index contributed by atoms with van der Waals surface area (Å²) in [5, 5.41) is 5.89. The van der Waals surface area contributed by atoms with E-state index in [0.717, 1.165) is 39.4 Å². The Labute approximate surface area is 162 Å². The van der Waals surface area contributed by atoms with Gasteiger partial charge in [-0.15, -0.1) is 0 Å². The number of para-hydroxylation sites is 1. The molecular formula is C23H18N2O3. The van der Waals surface area contributed by atoms with Crippen LogP contribution in [0, 0.1) is 0 Å². The van der Waals surface area contributed by atoms with Crippen molar-refractivity contribution < 1.29 is 14.3 Å². The van der Waals surface area contributed by atoms with Crippen LogP contribution < -0.4 is 15.4 Å². The molecule has 2 N–H and O–H groups in total. The summed E-state index contributed by atoms with van der Waals surface area (Å²) in [7, 11) is 1.62. The number of amides is 2. The van der Waals surface area contributed by atoms with E-state index in [1.54, 1.807) is 7.11 Å². The van der Waals surface area contributed by atoms with Crippen LogP contribution in [0.1, 0.15) is 22.3 Å². The smallest absolute Gasteiger partial charge is 0.244 e. The van der Waals surface area contributed by atoms with E-state index in [-0.39, 0.29) is 11.8 Å². The fourth-order valence-electron chi connectivity index (χ4n) is 4.30. The summed E-state index contributed by atoms with van der Waals surface area (Å²) in [5.41, 5.74) is 4.14. The van der Waals surface area contributed by atoms with E-state index in [0.29, 0.717) is 6.42 Å². The first-order valence-corrected chi connectivity index (χ1v) is 9.11. The van der Waals surface area contributed by atoms with Crippen molar-refractivity contribution in [2.24, 2.45) is 0 Å². The fourth-order valence-corrected chi connectivity index (χ4v) is 4.30. The highest BCUT2D eigenvalue weighted by Crippen LogP contribution is 2.48. The van der Waals surface area contributed by atoms with Crippen LogP contribution in [-0.2, 0) is 21.4 Å². The largest absolute Gasteiger partial charge is 0.497 e. The number of benzene rings is 3. The average molecular weight is 370 g/mol. The molecule has 0 radical (unpaired) electrons. The zero-order valence-electron chi connectivity index (χ0n) is 15.3. The lowest BCUT2D eigenvalue weighted by atomic mass is 9.70. The predicted octanol–water partition coefficient (Wildman–Crippen LogP) is 3.48. The van der Waals surface area contributed by atoms with Crippen molar-refractivity contribution in [1.29, 1.82) is 0 Å². The van der Waals surface area contributed by atoms with E-state index in [1.165, 1.54) is 0 Å². The minimum atomic E-state index is -0.983. The Morgan fingerprint density at radius 2 is 1.61 bits per heavy atom. The molecule has 0 aromatic heterocycles. The molecule has 0 fully saturated rings. The van der Waals surface area contributed by atoms with Crippen LogP contribution >= 0.6 is 0 Å². The molecule has 0 spiro atoms. The van der Waals surface area contributed by atoms with Crippen molar-refractivity contribution in [2.75, 3.05) is 17.7 Å². The molecule has 2 amide bonds. The highest BCUT2D eigenvalue weighted by Gasteiger charge is 2.49. The molecule has 5 nitrogen and oxygen atoms in total. The van der Waals surface area contributed by atoms with Crippen LogP contribution in [0.2, 0.25) is 0 Å². The molecule has 0 aliphatic carbocycles. The van der Waals surface area contributed by atoms with E-state index >= 15 is 0 Å². The summed E-state index contributed by atoms with van der Waals surface area (Å²) < 4.78 is 5.29. The minimum absolute atomic E-state index is 0.0260. The topological polar surface area (TPSA) is 67.4 Å². The third kappa shape index (κ3) is 2.19. The van der Waals surface area contributed by atoms with Gasteiger partial charge < -0.3 is 15.4 Å². The van der Waals surface area contributed by atoms with Crippen molar-refractivity contribution in [3.63, 3.8) is 0 Å². The zero-order valence-corrected chi connectivity index (χ0v) is 15.3. The molecule has 3 aromatic rings. The Kier molecular flexibility index (Phi) is 3.52. The van der Waals surface area contributed by atoms with Crippen molar-refractivity contribution in [3.05, 3.63) is 89.0 Å². The summed E-state index contributed by atoms with van der Waals surface area (Å²) in [6.07, 6.45) is 0.325. The third-order valence-electron chi connectivity index (χ3n) is 5.61. The molecule has 0 bridgehead atoms. The number of rotatable bonds is 3. The summed E-state index contributed by atoms with van der Waals surface area (Å²) >= 11 is 0. The van der Waals surface area contributed by atoms with Gasteiger partial charge in [0.15, 0.2) is 0 Å². The van der Waals surface area contributed by atoms with Gasteiger partial charge in [0.1, 0.15) is 11.2 Å². The summed E-state index contributed by atoms with van der Waals surface area (Å²) in [6.45, 7) is 0. The number of ether oxygens (including phenoxy) is 1. The fraction of sp³-hybridized carbons (Fsp3) is 0.130. The van der Waals surface area contributed by atoms with Gasteiger partial charge in [-0.25, -0.2) is 0 Å². The number of anilines is 2. The van der Waals surface area contributed by atoms with E-state index in [9.17, 15) is 9.59 Å². The molecule has 0 saturated heterocycles. The molecule has 28 heavy (non-hydrogen) atoms. The highest BCUT2D eigenvalue weighted by molar-refractivity contribution is 6.11. The minimum Gasteiger partial charge on any atom is -0.497 e. The highest BCUT2D eigenvalue weighted by atomic mass is 16.5. The predicted molar refractivity (Wildman–Crippen MR) is 107 cm³/mol. The number of fused-ring (bicyclic) bond motifs is 2. The van der Waals surface area contributed by atoms with Gasteiger partial charge in [-0.1, -0.05) is 42.5 Å². The molecule has 2 heterocycles. The number of hydrogen-bond donors (Lipinski definition) is 2. The second-order valence-corrected chi connectivity index (χ2v) is 7.08. The SMILES string of the molecule is COc1ccc(C2(c3ccc4c(c3)CC(=O)N4)C(=O)Nc3ccccc32)cc1. The summed E-state index contributed by atoms with van der Waals surface area (Å²) in [5.74, 6) is 0.604. The average Bonchev–Trinajstić information content (AvgIpc) is 3.23. The molecule has 5 heteroatoms. The molecule has 5 rings (SSSR count). The molecule has 138 valence electrons. The van der Waals surface area contributed by atoms with Crippen molar-refractivity contribution in [1.82, 2.24) is 0 Å². The van der Waals surface area contributed by atoms with Crippen LogP contribution in [0.15, 0.2) is 66.7 Å². The normalized spacial score (nSPS) is 19.6. The van der Waals surface area contributed by atoms with Crippen LogP contribution in [0.25, 0.3) is 0 Å². The van der Waals surface area contributed by atoms with E-state index in [2.05, 4.69) is 10.6 Å². The van der Waals surface area contributed by atoms with Crippen LogP contribution in [0.5, 0.6) is 5.75 Å². The van der Waals surface area contributed by atoms with Crippen molar-refractivity contribution >= 4 is 23.2 Å². The van der Waals surface area contributed by atoms with Gasteiger partial charge in [0, 0.05) is 16.9 Å². The van der Waals surface area contributed by atoms with Gasteiger partial charge in [-0.2, -0.15) is 0 Å². The van der Waals surface area contributed by atoms with Crippen molar-refractivity contribution in [2.45, 2.75) is 11.8 Å². The summed E-state index contributed by atoms with van der Waals surface area (Å²) in [6, 6.07) is 21.1. The van der Waals surface area contributed by atoms with Gasteiger partial charge in [0.05, 0.1) is 13.5 Å². The first kappa shape index (κ1) is 16.6. The van der Waals surface area contributed by atoms with Crippen molar-refractivity contribution in [3.8, 4) is 5.75 Å². The zero-order chi connectivity index (χ0) is 19.3. The first-order valence-electron chi connectivity index (χ1n) is 9.11. The molecule has 1 atom stereocenters. The Bertz CT molecular complexity index is 1120. The molecule has 0 saturated carbocycles. The van der Waals surface area contributed by atoms with E-state index in [1.807, 2.05) is 66.7 Å². The second-order valence-electron chi connectivity index (χ2n) is 7.08. The number of nitrogens with one attached hydrogen (secondary N) is 2. The first-order chi connectivity index (χ1) is 13.6. The molecule has 2 aliphatic rings. The van der Waals surface area contributed by atoms with Gasteiger partial charge in [-0.3, -0.25) is 9.59 Å². The Morgan fingerprint density at radius 3 is 2.39 bits per heavy atom. The number of carbonyl (C=O) groups excluding carboxylic acids is 2. The maximum atomic E-state index is 13.4. The molecular weight excluding hydrogens is 352 g/mol. The Hall–Kier alpha value is -3.60. The maximum absolute atomic E-state index is 13.4. The molecule has 1 unspecified atom stereocenters. The van der Waals surface area contributed by atoms with Crippen LogP contribution in [0.4, 0.5) is 11.4 Å². The lowest BCUT2D eigenvalue weighted by Crippen LogP contribution is -2.37. The summed E-state index contributed by atoms with van der Waals surface area (Å²) in [4.78, 5) is 25.3. The standard InChI is InChI=1S/C23H18N2O3/c1-28-17-9-6-15(7-10-17)23(18-4-2-3-5-20(18)25-22(23)27)16-8-11-19-14(12-16)13-21(26)24-19/h2-12H,13H2,1H3,(H,24,26)(H,25,27). The molecule has 2 aliphatic heterocycles. The monoisotopic (exact) mass is 370 g/mol. The number of hydrogen-bond acceptors (Lipinski definition) is 3. The second kappa shape index (κ2) is 5.96. The van der Waals surface area contributed by atoms with Gasteiger partial charge in [0.2, 0.25) is 11.8 Å². The lowest BCUT2D eigenvalue weighted by molar-refractivity contribution is -0.118. The van der Waals surface area contributed by atoms with Gasteiger partial charge in [0.25, 0.3) is 0 Å². The van der Waals surface area contributed by atoms with E-state index < -0.39 is 5.41 Å². The maximum Gasteiger partial charge on any atom is 0.244 e. The quantitative estimate of drug-likeness (QED) is 0.742. The van der Waals surface area contributed by atoms with Gasteiger partial charge in [-0.05, 0) is 41.0 Å². The molecule has 3 aromatic carbocycles. The van der Waals surface area contributed by atoms with E-state index in [4.69, 9.17) is 4.74 Å². The van der Waals surface area contributed by atoms with Crippen LogP contribution in [0.3, 0.4) is 0 Å². The van der Waals surface area contributed by atoms with Gasteiger partial charge >= 0.3 is 0 Å². The number of methoxy groups -OCH3 is 1. The lowest BCUT2D eigenvalue weighted by Gasteiger charge is -2.29. The Balaban J connectivity index is 1.78. The number of carbonyl (C=O) groups is 2. The van der Waals surface area contributed by atoms with Crippen LogP contribution in [-0.4, -0.2) is 18.9 Å². The Morgan fingerprint density at radius 1 is 0.857 bits per heavy atom.